The minimum atomic E-state index is -0.568. The van der Waals surface area contributed by atoms with Crippen molar-refractivity contribution in [1.82, 2.24) is 14.7 Å². The lowest BCUT2D eigenvalue weighted by Crippen LogP contribution is -2.34. The number of halogens is 2. The molecule has 0 radical (unpaired) electrons. The van der Waals surface area contributed by atoms with Crippen molar-refractivity contribution in [2.45, 2.75) is 38.6 Å². The van der Waals surface area contributed by atoms with E-state index in [-0.39, 0.29) is 22.1 Å². The van der Waals surface area contributed by atoms with Crippen molar-refractivity contribution >= 4 is 28.6 Å². The van der Waals surface area contributed by atoms with Crippen LogP contribution < -0.4 is 10.6 Å². The van der Waals surface area contributed by atoms with E-state index >= 15 is 0 Å². The van der Waals surface area contributed by atoms with E-state index in [1.807, 2.05) is 0 Å². The first-order valence-corrected chi connectivity index (χ1v) is 9.71. The number of fused-ring (bicyclic) bond motifs is 1. The fourth-order valence-corrected chi connectivity index (χ4v) is 4.65. The molecule has 0 aromatic carbocycles. The second-order valence-corrected chi connectivity index (χ2v) is 8.13. The Kier molecular flexibility index (Phi) is 4.69. The summed E-state index contributed by atoms with van der Waals surface area (Å²) >= 11 is 1.18. The van der Waals surface area contributed by atoms with Gasteiger partial charge < -0.3 is 15.0 Å². The van der Waals surface area contributed by atoms with E-state index in [4.69, 9.17) is 0 Å². The third kappa shape index (κ3) is 3.59. The largest absolute Gasteiger partial charge is 0.320 e. The highest BCUT2D eigenvalue weighted by atomic mass is 32.1. The summed E-state index contributed by atoms with van der Waals surface area (Å²) in [5.74, 6) is -1.39. The fourth-order valence-electron chi connectivity index (χ4n) is 3.57. The highest BCUT2D eigenvalue weighted by Gasteiger charge is 2.25. The van der Waals surface area contributed by atoms with Gasteiger partial charge in [-0.05, 0) is 45.2 Å². The van der Waals surface area contributed by atoms with Crippen molar-refractivity contribution in [1.29, 1.82) is 0 Å². The second kappa shape index (κ2) is 7.01. The zero-order valence-corrected chi connectivity index (χ0v) is 15.9. The molecule has 8 heteroatoms. The van der Waals surface area contributed by atoms with Crippen LogP contribution in [-0.2, 0) is 0 Å². The molecule has 1 aliphatic rings. The molecule has 1 fully saturated rings. The first-order valence-electron chi connectivity index (χ1n) is 8.89. The minimum Gasteiger partial charge on any atom is -0.320 e. The Bertz CT molecular complexity index is 1010. The second-order valence-electron chi connectivity index (χ2n) is 7.05. The summed E-state index contributed by atoms with van der Waals surface area (Å²) in [6.45, 7) is 4.75. The number of imidazole rings is 1. The number of amides is 1. The number of hydrogen-bond donors (Lipinski definition) is 2. The number of hydrogen-bond acceptors (Lipinski definition) is 4. The minimum absolute atomic E-state index is 0.0264. The summed E-state index contributed by atoms with van der Waals surface area (Å²) in [5.41, 5.74) is 1.12. The Morgan fingerprint density at radius 2 is 2.15 bits per heavy atom. The van der Waals surface area contributed by atoms with Crippen molar-refractivity contribution < 1.29 is 13.6 Å². The normalized spacial score (nSPS) is 20.1. The van der Waals surface area contributed by atoms with E-state index in [1.54, 1.807) is 19.3 Å². The first-order chi connectivity index (χ1) is 12.9. The average Bonchev–Trinajstić information content (AvgIpc) is 3.17. The van der Waals surface area contributed by atoms with Gasteiger partial charge >= 0.3 is 0 Å². The standard InChI is InChI=1S/C19H20F2N4OS/c1-10-5-12(3-4-22-10)16-7-14(20)17(27-16)19(26)24-13-6-15(21)18-23-11(2)8-25(18)9-13/h6-10,12,22H,3-5H2,1-2H3,(H,24,26)/t10-,12-/m0/s1. The molecule has 0 saturated carbocycles. The number of piperidine rings is 1. The predicted molar refractivity (Wildman–Crippen MR) is 102 cm³/mol. The lowest BCUT2D eigenvalue weighted by Gasteiger charge is -2.27. The van der Waals surface area contributed by atoms with Crippen LogP contribution >= 0.6 is 11.3 Å². The lowest BCUT2D eigenvalue weighted by atomic mass is 9.92. The third-order valence-electron chi connectivity index (χ3n) is 4.82. The molecular weight excluding hydrogens is 370 g/mol. The summed E-state index contributed by atoms with van der Waals surface area (Å²) in [6, 6.07) is 3.03. The molecule has 5 nitrogen and oxygen atoms in total. The Hall–Kier alpha value is -2.32. The van der Waals surface area contributed by atoms with Crippen molar-refractivity contribution in [3.8, 4) is 0 Å². The SMILES string of the molecule is Cc1cn2cc(NC(=O)c3sc([C@H]4CCN[C@@H](C)C4)cc3F)cc(F)c2n1. The Labute approximate surface area is 159 Å². The number of nitrogens with one attached hydrogen (secondary N) is 2. The van der Waals surface area contributed by atoms with Gasteiger partial charge in [0.1, 0.15) is 10.7 Å². The predicted octanol–water partition coefficient (Wildman–Crippen LogP) is 4.09. The summed E-state index contributed by atoms with van der Waals surface area (Å²) in [4.78, 5) is 17.5. The molecule has 2 N–H and O–H groups in total. The summed E-state index contributed by atoms with van der Waals surface area (Å²) in [5, 5.41) is 5.97. The number of pyridine rings is 1. The zero-order chi connectivity index (χ0) is 19.1. The molecule has 1 amide bonds. The van der Waals surface area contributed by atoms with Gasteiger partial charge in [-0.15, -0.1) is 11.3 Å². The van der Waals surface area contributed by atoms with E-state index in [1.165, 1.54) is 27.9 Å². The van der Waals surface area contributed by atoms with Crippen LogP contribution in [0.4, 0.5) is 14.5 Å². The summed E-state index contributed by atoms with van der Waals surface area (Å²) in [7, 11) is 0. The van der Waals surface area contributed by atoms with E-state index in [0.29, 0.717) is 11.7 Å². The van der Waals surface area contributed by atoms with Crippen LogP contribution in [0, 0.1) is 18.6 Å². The summed E-state index contributed by atoms with van der Waals surface area (Å²) in [6.07, 6.45) is 5.07. The molecule has 0 aliphatic carbocycles. The smallest absolute Gasteiger partial charge is 0.268 e. The number of aryl methyl sites for hydroxylation is 1. The average molecular weight is 390 g/mol. The molecule has 3 aromatic heterocycles. The van der Waals surface area contributed by atoms with Gasteiger partial charge in [-0.3, -0.25) is 4.79 Å². The van der Waals surface area contributed by atoms with Gasteiger partial charge in [-0.25, -0.2) is 13.8 Å². The number of thiophene rings is 1. The quantitative estimate of drug-likeness (QED) is 0.708. The van der Waals surface area contributed by atoms with Crippen molar-refractivity contribution in [3.05, 3.63) is 51.6 Å². The molecule has 4 rings (SSSR count). The number of nitrogens with zero attached hydrogens (tertiary/aromatic N) is 2. The van der Waals surface area contributed by atoms with Crippen molar-refractivity contribution in [2.75, 3.05) is 11.9 Å². The third-order valence-corrected chi connectivity index (χ3v) is 6.09. The van der Waals surface area contributed by atoms with Crippen LogP contribution in [-0.4, -0.2) is 27.9 Å². The van der Waals surface area contributed by atoms with Crippen LogP contribution in [0.1, 0.15) is 45.9 Å². The molecule has 0 unspecified atom stereocenters. The summed E-state index contributed by atoms with van der Waals surface area (Å²) < 4.78 is 30.1. The van der Waals surface area contributed by atoms with Gasteiger partial charge in [0.05, 0.1) is 11.4 Å². The van der Waals surface area contributed by atoms with Gasteiger partial charge in [0, 0.05) is 29.4 Å². The van der Waals surface area contributed by atoms with Gasteiger partial charge in [0.25, 0.3) is 5.91 Å². The Morgan fingerprint density at radius 3 is 2.93 bits per heavy atom. The zero-order valence-electron chi connectivity index (χ0n) is 15.1. The maximum Gasteiger partial charge on any atom is 0.268 e. The molecule has 2 atom stereocenters. The van der Waals surface area contributed by atoms with Gasteiger partial charge in [-0.1, -0.05) is 0 Å². The van der Waals surface area contributed by atoms with Crippen LogP contribution in [0.5, 0.6) is 0 Å². The van der Waals surface area contributed by atoms with Crippen LogP contribution in [0.3, 0.4) is 0 Å². The number of anilines is 1. The van der Waals surface area contributed by atoms with E-state index in [9.17, 15) is 13.6 Å². The van der Waals surface area contributed by atoms with Crippen molar-refractivity contribution in [2.24, 2.45) is 0 Å². The number of rotatable bonds is 3. The number of carbonyl (C=O) groups excluding carboxylic acids is 1. The number of aromatic nitrogens is 2. The Morgan fingerprint density at radius 1 is 1.33 bits per heavy atom. The number of carbonyl (C=O) groups is 1. The molecular formula is C19H20F2N4OS. The van der Waals surface area contributed by atoms with E-state index in [0.717, 1.165) is 24.3 Å². The fraction of sp³-hybridized carbons (Fsp3) is 0.368. The van der Waals surface area contributed by atoms with E-state index < -0.39 is 17.5 Å². The molecule has 1 saturated heterocycles. The maximum absolute atomic E-state index is 14.4. The van der Waals surface area contributed by atoms with Crippen LogP contribution in [0.2, 0.25) is 0 Å². The van der Waals surface area contributed by atoms with Gasteiger partial charge in [-0.2, -0.15) is 0 Å². The Balaban J connectivity index is 1.56. The molecule has 1 aliphatic heterocycles. The van der Waals surface area contributed by atoms with Gasteiger partial charge in [0.2, 0.25) is 0 Å². The molecule has 4 heterocycles. The molecule has 142 valence electrons. The van der Waals surface area contributed by atoms with Gasteiger partial charge in [0.15, 0.2) is 11.5 Å². The van der Waals surface area contributed by atoms with Crippen LogP contribution in [0.25, 0.3) is 5.65 Å². The molecule has 27 heavy (non-hydrogen) atoms. The topological polar surface area (TPSA) is 58.4 Å². The first kappa shape index (κ1) is 18.1. The van der Waals surface area contributed by atoms with Crippen molar-refractivity contribution in [3.63, 3.8) is 0 Å². The molecule has 0 spiro atoms. The maximum atomic E-state index is 14.4. The lowest BCUT2D eigenvalue weighted by molar-refractivity contribution is 0.102. The van der Waals surface area contributed by atoms with E-state index in [2.05, 4.69) is 22.5 Å². The monoisotopic (exact) mass is 390 g/mol. The van der Waals surface area contributed by atoms with Crippen LogP contribution in [0.15, 0.2) is 24.5 Å². The molecule has 0 bridgehead atoms. The highest BCUT2D eigenvalue weighted by molar-refractivity contribution is 7.14. The molecule has 3 aromatic rings. The highest BCUT2D eigenvalue weighted by Crippen LogP contribution is 2.34.